The summed E-state index contributed by atoms with van der Waals surface area (Å²) in [6.45, 7) is 5.99. The summed E-state index contributed by atoms with van der Waals surface area (Å²) < 4.78 is 11.8. The molecule has 27 heavy (non-hydrogen) atoms. The van der Waals surface area contributed by atoms with Gasteiger partial charge in [0.15, 0.2) is 11.3 Å². The second-order valence-electron chi connectivity index (χ2n) is 7.69. The third kappa shape index (κ3) is 3.22. The number of ether oxygens (including phenoxy) is 1. The molecule has 1 aromatic carbocycles. The molecule has 1 atom stereocenters. The van der Waals surface area contributed by atoms with E-state index in [-0.39, 0.29) is 16.3 Å². The second kappa shape index (κ2) is 6.55. The van der Waals surface area contributed by atoms with E-state index in [9.17, 15) is 9.59 Å². The van der Waals surface area contributed by atoms with Gasteiger partial charge >= 0.3 is 6.09 Å². The van der Waals surface area contributed by atoms with Gasteiger partial charge in [-0.05, 0) is 25.5 Å². The number of piperidine rings is 1. The Labute approximate surface area is 166 Å². The highest BCUT2D eigenvalue weighted by Gasteiger charge is 2.46. The van der Waals surface area contributed by atoms with E-state index in [4.69, 9.17) is 9.15 Å². The third-order valence-electron chi connectivity index (χ3n) is 5.54. The number of hydrogen-bond acceptors (Lipinski definition) is 5. The minimum atomic E-state index is -0.411. The maximum absolute atomic E-state index is 12.7. The first-order valence-corrected chi connectivity index (χ1v) is 10.1. The van der Waals surface area contributed by atoms with Crippen LogP contribution in [-0.2, 0) is 4.74 Å². The fourth-order valence-electron chi connectivity index (χ4n) is 4.06. The number of carbonyl (C=O) groups excluding carboxylic acids is 1. The van der Waals surface area contributed by atoms with Crippen LogP contribution >= 0.6 is 15.9 Å². The summed E-state index contributed by atoms with van der Waals surface area (Å²) in [6.07, 6.45) is 1.19. The number of rotatable bonds is 2. The van der Waals surface area contributed by atoms with Gasteiger partial charge in [-0.15, -0.1) is 0 Å². The fraction of sp³-hybridized carbons (Fsp3) is 0.500. The first-order valence-electron chi connectivity index (χ1n) is 9.19. The van der Waals surface area contributed by atoms with Crippen molar-refractivity contribution in [2.45, 2.75) is 37.1 Å². The first-order chi connectivity index (χ1) is 12.8. The van der Waals surface area contributed by atoms with Crippen molar-refractivity contribution >= 4 is 38.9 Å². The highest BCUT2D eigenvalue weighted by Crippen LogP contribution is 2.36. The number of hydrogen-bond donors (Lipinski definition) is 0. The van der Waals surface area contributed by atoms with E-state index in [1.165, 1.54) is 0 Å². The van der Waals surface area contributed by atoms with Crippen LogP contribution in [0.15, 0.2) is 27.4 Å². The van der Waals surface area contributed by atoms with Gasteiger partial charge in [0.2, 0.25) is 0 Å². The third-order valence-corrected chi connectivity index (χ3v) is 6.04. The number of carbonyl (C=O) groups is 1. The van der Waals surface area contributed by atoms with Crippen molar-refractivity contribution in [2.75, 3.05) is 31.6 Å². The highest BCUT2D eigenvalue weighted by molar-refractivity contribution is 9.09. The summed E-state index contributed by atoms with van der Waals surface area (Å²) in [5.74, 6) is 0.582. The van der Waals surface area contributed by atoms with Crippen LogP contribution in [0.3, 0.4) is 0 Å². The number of aryl methyl sites for hydroxylation is 1. The maximum Gasteiger partial charge on any atom is 0.410 e. The summed E-state index contributed by atoms with van der Waals surface area (Å²) in [5, 5.41) is 0.611. The zero-order chi connectivity index (χ0) is 19.3. The summed E-state index contributed by atoms with van der Waals surface area (Å²) in [7, 11) is 1.76. The van der Waals surface area contributed by atoms with Crippen molar-refractivity contribution in [1.29, 1.82) is 0 Å². The summed E-state index contributed by atoms with van der Waals surface area (Å²) in [6, 6.07) is 5.51. The number of amides is 1. The van der Waals surface area contributed by atoms with Crippen molar-refractivity contribution < 1.29 is 13.9 Å². The van der Waals surface area contributed by atoms with Crippen LogP contribution in [0, 0.1) is 6.92 Å². The van der Waals surface area contributed by atoms with E-state index in [2.05, 4.69) is 20.8 Å². The van der Waals surface area contributed by atoms with E-state index in [1.54, 1.807) is 18.0 Å². The van der Waals surface area contributed by atoms with E-state index in [0.29, 0.717) is 36.5 Å². The Kier molecular flexibility index (Phi) is 4.45. The van der Waals surface area contributed by atoms with E-state index in [0.717, 1.165) is 24.0 Å². The molecule has 3 heterocycles. The molecule has 2 saturated heterocycles. The Morgan fingerprint density at radius 1 is 1.19 bits per heavy atom. The van der Waals surface area contributed by atoms with Gasteiger partial charge in [-0.2, -0.15) is 0 Å². The van der Waals surface area contributed by atoms with Gasteiger partial charge in [0.05, 0.1) is 11.9 Å². The van der Waals surface area contributed by atoms with Crippen LogP contribution in [0.1, 0.15) is 35.7 Å². The van der Waals surface area contributed by atoms with Crippen LogP contribution in [0.2, 0.25) is 0 Å². The van der Waals surface area contributed by atoms with Crippen molar-refractivity contribution in [3.8, 4) is 0 Å². The van der Waals surface area contributed by atoms with Gasteiger partial charge < -0.3 is 19.0 Å². The van der Waals surface area contributed by atoms with E-state index >= 15 is 0 Å². The van der Waals surface area contributed by atoms with Crippen molar-refractivity contribution in [1.82, 2.24) is 4.90 Å². The zero-order valence-corrected chi connectivity index (χ0v) is 17.3. The number of alkyl halides is 1. The van der Waals surface area contributed by atoms with Crippen LogP contribution in [0.4, 0.5) is 10.7 Å². The molecule has 7 heteroatoms. The topological polar surface area (TPSA) is 63.0 Å². The Hall–Kier alpha value is -2.02. The lowest BCUT2D eigenvalue weighted by Gasteiger charge is -2.37. The van der Waals surface area contributed by atoms with E-state index in [1.807, 2.05) is 26.0 Å². The molecule has 0 saturated carbocycles. The van der Waals surface area contributed by atoms with Crippen LogP contribution in [0.5, 0.6) is 0 Å². The van der Waals surface area contributed by atoms with Gasteiger partial charge in [0, 0.05) is 49.4 Å². The van der Waals surface area contributed by atoms with Gasteiger partial charge in [-0.1, -0.05) is 22.0 Å². The second-order valence-corrected chi connectivity index (χ2v) is 9.06. The molecule has 2 aromatic rings. The minimum absolute atomic E-state index is 0.0309. The minimum Gasteiger partial charge on any atom is -0.441 e. The molecule has 0 radical (unpaired) electrons. The number of likely N-dealkylation sites (N-methyl/N-ethyl adjacent to an activating group) is 1. The van der Waals surface area contributed by atoms with Gasteiger partial charge in [0.1, 0.15) is 11.2 Å². The number of halogens is 1. The molecule has 1 amide bonds. The molecule has 2 fully saturated rings. The number of fused-ring (bicyclic) bond motifs is 1. The fourth-order valence-corrected chi connectivity index (χ4v) is 4.40. The van der Waals surface area contributed by atoms with Crippen LogP contribution in [0.25, 0.3) is 11.0 Å². The molecule has 144 valence electrons. The standard InChI is InChI=1S/C20H23BrN2O4/c1-12-8-14(13(2)21)18-15(9-12)16(24)10-17(26-18)23-6-4-20(5-7-23)11-22(3)19(25)27-20/h8-10,13H,4-7,11H2,1-3H3. The summed E-state index contributed by atoms with van der Waals surface area (Å²) >= 11 is 3.61. The molecule has 1 unspecified atom stereocenters. The quantitative estimate of drug-likeness (QED) is 0.668. The Morgan fingerprint density at radius 2 is 1.89 bits per heavy atom. The SMILES string of the molecule is Cc1cc(C(C)Br)c2oc(N3CCC4(CC3)CN(C)C(=O)O4)cc(=O)c2c1. The molecule has 2 aliphatic rings. The number of nitrogens with zero attached hydrogens (tertiary/aromatic N) is 2. The largest absolute Gasteiger partial charge is 0.441 e. The predicted octanol–water partition coefficient (Wildman–Crippen LogP) is 3.98. The number of anilines is 1. The lowest BCUT2D eigenvalue weighted by atomic mass is 9.91. The van der Waals surface area contributed by atoms with Crippen LogP contribution in [-0.4, -0.2) is 43.3 Å². The summed E-state index contributed by atoms with van der Waals surface area (Å²) in [5.41, 5.74) is 2.21. The average molecular weight is 435 g/mol. The average Bonchev–Trinajstić information content (AvgIpc) is 2.88. The Balaban J connectivity index is 1.66. The molecule has 4 rings (SSSR count). The normalized spacial score (nSPS) is 20.4. The molecule has 1 aromatic heterocycles. The molecule has 0 N–H and O–H groups in total. The molecular weight excluding hydrogens is 412 g/mol. The predicted molar refractivity (Wildman–Crippen MR) is 108 cm³/mol. The molecule has 0 bridgehead atoms. The smallest absolute Gasteiger partial charge is 0.410 e. The lowest BCUT2D eigenvalue weighted by Crippen LogP contribution is -2.46. The Bertz CT molecular complexity index is 960. The lowest BCUT2D eigenvalue weighted by molar-refractivity contribution is 0.0361. The highest BCUT2D eigenvalue weighted by atomic mass is 79.9. The van der Waals surface area contributed by atoms with Crippen molar-refractivity contribution in [2.24, 2.45) is 0 Å². The molecule has 2 aliphatic heterocycles. The van der Waals surface area contributed by atoms with Crippen LogP contribution < -0.4 is 10.3 Å². The molecule has 0 aliphatic carbocycles. The summed E-state index contributed by atoms with van der Waals surface area (Å²) in [4.78, 5) is 28.2. The zero-order valence-electron chi connectivity index (χ0n) is 15.8. The molecule has 1 spiro atoms. The van der Waals surface area contributed by atoms with Crippen molar-refractivity contribution in [3.63, 3.8) is 0 Å². The number of benzene rings is 1. The van der Waals surface area contributed by atoms with Gasteiger partial charge in [-0.25, -0.2) is 4.79 Å². The van der Waals surface area contributed by atoms with Crippen molar-refractivity contribution in [3.05, 3.63) is 39.5 Å². The first kappa shape index (κ1) is 18.3. The Morgan fingerprint density at radius 3 is 2.48 bits per heavy atom. The maximum atomic E-state index is 12.7. The van der Waals surface area contributed by atoms with Gasteiger partial charge in [0.25, 0.3) is 0 Å². The van der Waals surface area contributed by atoms with Gasteiger partial charge in [-0.3, -0.25) is 4.79 Å². The molecular formula is C20H23BrN2O4. The van der Waals surface area contributed by atoms with E-state index < -0.39 is 5.60 Å². The molecule has 6 nitrogen and oxygen atoms in total. The monoisotopic (exact) mass is 434 g/mol.